The summed E-state index contributed by atoms with van der Waals surface area (Å²) in [6.45, 7) is 4.09. The van der Waals surface area contributed by atoms with Gasteiger partial charge in [-0.2, -0.15) is 0 Å². The van der Waals surface area contributed by atoms with Crippen molar-refractivity contribution in [3.8, 4) is 0 Å². The molecule has 1 atom stereocenters. The molecule has 1 heterocycles. The number of ether oxygens (including phenoxy) is 1. The Morgan fingerprint density at radius 3 is 2.88 bits per heavy atom. The molecule has 0 radical (unpaired) electrons. The first-order valence-electron chi connectivity index (χ1n) is 5.09. The Hall–Kier alpha value is -1.29. The van der Waals surface area contributed by atoms with Gasteiger partial charge in [-0.1, -0.05) is 18.5 Å². The number of methoxy groups -OCH3 is 1. The van der Waals surface area contributed by atoms with E-state index in [9.17, 15) is 4.79 Å². The van der Waals surface area contributed by atoms with Gasteiger partial charge in [0, 0.05) is 6.04 Å². The van der Waals surface area contributed by atoms with Gasteiger partial charge in [0.25, 0.3) is 0 Å². The number of hydrogen-bond acceptors (Lipinski definition) is 4. The van der Waals surface area contributed by atoms with Crippen molar-refractivity contribution in [3.05, 3.63) is 22.8 Å². The average molecular weight is 243 g/mol. The number of nitrogens with one attached hydrogen (secondary N) is 1. The summed E-state index contributed by atoms with van der Waals surface area (Å²) in [4.78, 5) is 15.4. The maximum absolute atomic E-state index is 11.3. The minimum absolute atomic E-state index is 0.272. The molecule has 0 saturated carbocycles. The molecule has 5 heteroatoms. The number of nitrogens with zero attached hydrogens (tertiary/aromatic N) is 1. The fourth-order valence-electron chi connectivity index (χ4n) is 1.16. The molecular weight excluding hydrogens is 228 g/mol. The first kappa shape index (κ1) is 12.8. The molecule has 1 aromatic rings. The molecule has 0 bridgehead atoms. The second-order valence-corrected chi connectivity index (χ2v) is 3.90. The molecule has 88 valence electrons. The molecule has 0 aromatic carbocycles. The van der Waals surface area contributed by atoms with E-state index in [1.54, 1.807) is 6.07 Å². The summed E-state index contributed by atoms with van der Waals surface area (Å²) >= 11 is 5.82. The lowest BCUT2D eigenvalue weighted by Crippen LogP contribution is -2.15. The minimum atomic E-state index is -0.420. The van der Waals surface area contributed by atoms with E-state index in [1.807, 2.05) is 6.92 Å². The SMILES string of the molecule is CCC(C)Nc1cc(C(=O)OC)cc(Cl)n1. The highest BCUT2D eigenvalue weighted by Crippen LogP contribution is 2.16. The predicted octanol–water partition coefficient (Wildman–Crippen LogP) is 2.73. The van der Waals surface area contributed by atoms with Crippen LogP contribution in [0.25, 0.3) is 0 Å². The third-order valence-electron chi connectivity index (χ3n) is 2.22. The van der Waals surface area contributed by atoms with E-state index in [2.05, 4.69) is 22.0 Å². The number of halogens is 1. The Kier molecular flexibility index (Phi) is 4.55. The molecule has 0 amide bonds. The minimum Gasteiger partial charge on any atom is -0.465 e. The van der Waals surface area contributed by atoms with Gasteiger partial charge in [-0.3, -0.25) is 0 Å². The molecule has 0 aliphatic rings. The van der Waals surface area contributed by atoms with Crippen LogP contribution in [0.4, 0.5) is 5.82 Å². The zero-order valence-corrected chi connectivity index (χ0v) is 10.3. The summed E-state index contributed by atoms with van der Waals surface area (Å²) in [5.74, 6) is 0.166. The first-order chi connectivity index (χ1) is 7.56. The monoisotopic (exact) mass is 242 g/mol. The van der Waals surface area contributed by atoms with Crippen LogP contribution < -0.4 is 5.32 Å². The number of hydrogen-bond donors (Lipinski definition) is 1. The van der Waals surface area contributed by atoms with E-state index in [0.717, 1.165) is 6.42 Å². The normalized spacial score (nSPS) is 12.0. The molecule has 4 nitrogen and oxygen atoms in total. The number of carbonyl (C=O) groups excluding carboxylic acids is 1. The largest absolute Gasteiger partial charge is 0.465 e. The van der Waals surface area contributed by atoms with E-state index in [4.69, 9.17) is 11.6 Å². The van der Waals surface area contributed by atoms with Gasteiger partial charge in [0.1, 0.15) is 11.0 Å². The lowest BCUT2D eigenvalue weighted by molar-refractivity contribution is 0.0600. The molecule has 16 heavy (non-hydrogen) atoms. The van der Waals surface area contributed by atoms with E-state index in [-0.39, 0.29) is 11.2 Å². The van der Waals surface area contributed by atoms with Crippen molar-refractivity contribution < 1.29 is 9.53 Å². The molecule has 0 saturated heterocycles. The molecule has 0 aliphatic carbocycles. The maximum Gasteiger partial charge on any atom is 0.338 e. The molecule has 1 rings (SSSR count). The number of carbonyl (C=O) groups is 1. The van der Waals surface area contributed by atoms with Gasteiger partial charge in [-0.05, 0) is 25.5 Å². The predicted molar refractivity (Wildman–Crippen MR) is 64.0 cm³/mol. The highest BCUT2D eigenvalue weighted by atomic mass is 35.5. The van der Waals surface area contributed by atoms with Crippen LogP contribution in [0.5, 0.6) is 0 Å². The Morgan fingerprint density at radius 2 is 2.31 bits per heavy atom. The van der Waals surface area contributed by atoms with Crippen molar-refractivity contribution in [2.75, 3.05) is 12.4 Å². The lowest BCUT2D eigenvalue weighted by Gasteiger charge is -2.12. The van der Waals surface area contributed by atoms with Crippen LogP contribution in [-0.2, 0) is 4.74 Å². The van der Waals surface area contributed by atoms with Gasteiger partial charge in [-0.15, -0.1) is 0 Å². The van der Waals surface area contributed by atoms with Crippen molar-refractivity contribution in [2.24, 2.45) is 0 Å². The first-order valence-corrected chi connectivity index (χ1v) is 5.47. The molecule has 0 aliphatic heterocycles. The summed E-state index contributed by atoms with van der Waals surface area (Å²) in [5.41, 5.74) is 0.397. The highest BCUT2D eigenvalue weighted by Gasteiger charge is 2.10. The van der Waals surface area contributed by atoms with Gasteiger partial charge in [0.15, 0.2) is 0 Å². The third-order valence-corrected chi connectivity index (χ3v) is 2.42. The van der Waals surface area contributed by atoms with Crippen LogP contribution >= 0.6 is 11.6 Å². The van der Waals surface area contributed by atoms with E-state index in [1.165, 1.54) is 13.2 Å². The van der Waals surface area contributed by atoms with Crippen molar-refractivity contribution in [1.29, 1.82) is 0 Å². The number of anilines is 1. The van der Waals surface area contributed by atoms with Gasteiger partial charge in [0.2, 0.25) is 0 Å². The van der Waals surface area contributed by atoms with E-state index >= 15 is 0 Å². The van der Waals surface area contributed by atoms with Crippen LogP contribution in [0.3, 0.4) is 0 Å². The molecule has 1 aromatic heterocycles. The summed E-state index contributed by atoms with van der Waals surface area (Å²) in [6, 6.07) is 3.38. The fourth-order valence-corrected chi connectivity index (χ4v) is 1.37. The van der Waals surface area contributed by atoms with E-state index in [0.29, 0.717) is 11.4 Å². The zero-order chi connectivity index (χ0) is 12.1. The highest BCUT2D eigenvalue weighted by molar-refractivity contribution is 6.29. The summed E-state index contributed by atoms with van der Waals surface area (Å²) < 4.78 is 4.62. The van der Waals surface area contributed by atoms with Gasteiger partial charge in [-0.25, -0.2) is 9.78 Å². The fraction of sp³-hybridized carbons (Fsp3) is 0.455. The number of esters is 1. The summed E-state index contributed by atoms with van der Waals surface area (Å²) in [5, 5.41) is 3.42. The Labute approximate surface area is 100.0 Å². The van der Waals surface area contributed by atoms with Crippen molar-refractivity contribution in [3.63, 3.8) is 0 Å². The second kappa shape index (κ2) is 5.70. The van der Waals surface area contributed by atoms with Crippen molar-refractivity contribution in [1.82, 2.24) is 4.98 Å². The molecule has 0 fully saturated rings. The molecule has 1 N–H and O–H groups in total. The number of aromatic nitrogens is 1. The number of pyridine rings is 1. The van der Waals surface area contributed by atoms with Gasteiger partial charge in [0.05, 0.1) is 12.7 Å². The lowest BCUT2D eigenvalue weighted by atomic mass is 10.2. The van der Waals surface area contributed by atoms with Gasteiger partial charge < -0.3 is 10.1 Å². The molecule has 0 spiro atoms. The quantitative estimate of drug-likeness (QED) is 0.652. The maximum atomic E-state index is 11.3. The van der Waals surface area contributed by atoms with Crippen LogP contribution in [0.1, 0.15) is 30.6 Å². The smallest absolute Gasteiger partial charge is 0.338 e. The van der Waals surface area contributed by atoms with Crippen LogP contribution in [0, 0.1) is 0 Å². The Balaban J connectivity index is 2.94. The standard InChI is InChI=1S/C11H15ClN2O2/c1-4-7(2)13-10-6-8(11(15)16-3)5-9(12)14-10/h5-7H,4H2,1-3H3,(H,13,14). The topological polar surface area (TPSA) is 51.2 Å². The Bertz CT molecular complexity index is 382. The molecule has 1 unspecified atom stereocenters. The van der Waals surface area contributed by atoms with Crippen molar-refractivity contribution in [2.45, 2.75) is 26.3 Å². The third kappa shape index (κ3) is 3.38. The van der Waals surface area contributed by atoms with Crippen LogP contribution in [0.15, 0.2) is 12.1 Å². The van der Waals surface area contributed by atoms with E-state index < -0.39 is 5.97 Å². The second-order valence-electron chi connectivity index (χ2n) is 3.51. The zero-order valence-electron chi connectivity index (χ0n) is 9.58. The molecular formula is C11H15ClN2O2. The average Bonchev–Trinajstić information content (AvgIpc) is 2.27. The van der Waals surface area contributed by atoms with Crippen LogP contribution in [0.2, 0.25) is 5.15 Å². The van der Waals surface area contributed by atoms with Crippen molar-refractivity contribution >= 4 is 23.4 Å². The summed E-state index contributed by atoms with van der Waals surface area (Å²) in [7, 11) is 1.33. The van der Waals surface area contributed by atoms with Gasteiger partial charge >= 0.3 is 5.97 Å². The number of rotatable bonds is 4. The van der Waals surface area contributed by atoms with Crippen LogP contribution in [-0.4, -0.2) is 24.1 Å². The summed E-state index contributed by atoms with van der Waals surface area (Å²) in [6.07, 6.45) is 0.960. The Morgan fingerprint density at radius 1 is 1.62 bits per heavy atom.